The molecule has 1 heterocycles. The minimum absolute atomic E-state index is 0.0793. The van der Waals surface area contributed by atoms with Crippen LogP contribution in [0.15, 0.2) is 23.0 Å². The summed E-state index contributed by atoms with van der Waals surface area (Å²) < 4.78 is 5.31. The predicted octanol–water partition coefficient (Wildman–Crippen LogP) is 5.98. The Balaban J connectivity index is 1.47. The van der Waals surface area contributed by atoms with Crippen molar-refractivity contribution >= 4 is 5.78 Å². The second-order valence-electron chi connectivity index (χ2n) is 10.2. The SMILES string of the molecule is C[C@@]12CCC[C@H]1[C@@H]1CCC3CC(=O)C(c4ccoc4)C[C@]3(C)[C@@H]1CC2. The van der Waals surface area contributed by atoms with Gasteiger partial charge in [-0.2, -0.15) is 0 Å². The van der Waals surface area contributed by atoms with Crippen molar-refractivity contribution in [3.63, 3.8) is 0 Å². The third-order valence-corrected chi connectivity index (χ3v) is 9.27. The first-order valence-electron chi connectivity index (χ1n) is 10.6. The molecule has 4 aliphatic carbocycles. The largest absolute Gasteiger partial charge is 0.472 e. The first-order valence-corrected chi connectivity index (χ1v) is 10.6. The quantitative estimate of drug-likeness (QED) is 0.630. The lowest BCUT2D eigenvalue weighted by molar-refractivity contribution is -0.141. The Bertz CT molecular complexity index is 662. The van der Waals surface area contributed by atoms with Crippen LogP contribution in [0.25, 0.3) is 0 Å². The van der Waals surface area contributed by atoms with Crippen LogP contribution in [0.1, 0.15) is 83.1 Å². The Kier molecular flexibility index (Phi) is 3.53. The summed E-state index contributed by atoms with van der Waals surface area (Å²) in [6.45, 7) is 5.12. The van der Waals surface area contributed by atoms with Gasteiger partial charge in [0.25, 0.3) is 0 Å². The molecule has 4 aliphatic rings. The summed E-state index contributed by atoms with van der Waals surface area (Å²) in [5.74, 6) is 3.87. The summed E-state index contributed by atoms with van der Waals surface area (Å²) in [4.78, 5) is 12.8. The zero-order valence-electron chi connectivity index (χ0n) is 15.8. The Morgan fingerprint density at radius 1 is 1.08 bits per heavy atom. The van der Waals surface area contributed by atoms with Gasteiger partial charge in [0.1, 0.15) is 5.78 Å². The van der Waals surface area contributed by atoms with E-state index in [2.05, 4.69) is 13.8 Å². The van der Waals surface area contributed by atoms with E-state index in [-0.39, 0.29) is 5.92 Å². The highest BCUT2D eigenvalue weighted by molar-refractivity contribution is 5.87. The molecule has 0 bridgehead atoms. The van der Waals surface area contributed by atoms with Gasteiger partial charge in [0.05, 0.1) is 12.5 Å². The van der Waals surface area contributed by atoms with Crippen LogP contribution < -0.4 is 0 Å². The Morgan fingerprint density at radius 3 is 2.76 bits per heavy atom. The van der Waals surface area contributed by atoms with Crippen molar-refractivity contribution in [2.75, 3.05) is 0 Å². The predicted molar refractivity (Wildman–Crippen MR) is 98.2 cm³/mol. The van der Waals surface area contributed by atoms with Crippen LogP contribution in [0.5, 0.6) is 0 Å². The van der Waals surface area contributed by atoms with E-state index in [0.29, 0.717) is 22.5 Å². The third-order valence-electron chi connectivity index (χ3n) is 9.27. The maximum atomic E-state index is 12.8. The van der Waals surface area contributed by atoms with Crippen molar-refractivity contribution in [3.8, 4) is 0 Å². The number of hydrogen-bond acceptors (Lipinski definition) is 2. The van der Waals surface area contributed by atoms with E-state index in [1.54, 1.807) is 6.26 Å². The summed E-state index contributed by atoms with van der Waals surface area (Å²) in [5.41, 5.74) is 2.09. The van der Waals surface area contributed by atoms with Crippen LogP contribution in [0, 0.1) is 34.5 Å². The van der Waals surface area contributed by atoms with E-state index < -0.39 is 0 Å². The molecule has 0 aromatic carbocycles. The van der Waals surface area contributed by atoms with Crippen LogP contribution in [-0.2, 0) is 4.79 Å². The number of furan rings is 1. The highest BCUT2D eigenvalue weighted by Gasteiger charge is 2.59. The lowest BCUT2D eigenvalue weighted by Gasteiger charge is -2.60. The van der Waals surface area contributed by atoms with Crippen molar-refractivity contribution in [1.82, 2.24) is 0 Å². The highest BCUT2D eigenvalue weighted by Crippen LogP contribution is 2.66. The van der Waals surface area contributed by atoms with E-state index in [4.69, 9.17) is 4.42 Å². The van der Waals surface area contributed by atoms with Gasteiger partial charge in [-0.25, -0.2) is 0 Å². The average Bonchev–Trinajstić information content (AvgIpc) is 3.23. The van der Waals surface area contributed by atoms with Crippen LogP contribution in [-0.4, -0.2) is 5.78 Å². The lowest BCUT2D eigenvalue weighted by atomic mass is 9.44. The van der Waals surface area contributed by atoms with Gasteiger partial charge in [-0.15, -0.1) is 0 Å². The molecule has 2 heteroatoms. The van der Waals surface area contributed by atoms with E-state index in [0.717, 1.165) is 36.2 Å². The standard InChI is InChI=1S/C23H32O2/c1-22-9-3-4-19(22)17-6-5-16-12-21(24)18(15-8-11-25-14-15)13-23(16,2)20(17)7-10-22/h8,11,14,16-20H,3-7,9-10,12-13H2,1-2H3/t16?,17-,18?,19-,20+,22-,23-/m0/s1. The molecule has 7 atom stereocenters. The molecule has 136 valence electrons. The molecule has 1 aromatic heterocycles. The molecule has 4 fully saturated rings. The first-order chi connectivity index (χ1) is 12.0. The molecule has 0 radical (unpaired) electrons. The van der Waals surface area contributed by atoms with Crippen LogP contribution in [0.4, 0.5) is 0 Å². The van der Waals surface area contributed by atoms with Crippen molar-refractivity contribution in [1.29, 1.82) is 0 Å². The molecule has 0 amide bonds. The van der Waals surface area contributed by atoms with Crippen LogP contribution in [0.3, 0.4) is 0 Å². The average molecular weight is 341 g/mol. The summed E-state index contributed by atoms with van der Waals surface area (Å²) in [6.07, 6.45) is 15.2. The molecule has 2 nitrogen and oxygen atoms in total. The van der Waals surface area contributed by atoms with Crippen molar-refractivity contribution in [2.45, 2.75) is 77.6 Å². The highest BCUT2D eigenvalue weighted by atomic mass is 16.3. The van der Waals surface area contributed by atoms with Gasteiger partial charge < -0.3 is 4.42 Å². The van der Waals surface area contributed by atoms with Gasteiger partial charge in [0.2, 0.25) is 0 Å². The van der Waals surface area contributed by atoms with Gasteiger partial charge in [-0.05, 0) is 85.5 Å². The minimum Gasteiger partial charge on any atom is -0.472 e. The Labute approximate surface area is 151 Å². The molecule has 25 heavy (non-hydrogen) atoms. The number of carbonyl (C=O) groups excluding carboxylic acids is 1. The number of ketones is 1. The van der Waals surface area contributed by atoms with Crippen LogP contribution >= 0.6 is 0 Å². The van der Waals surface area contributed by atoms with Crippen molar-refractivity contribution < 1.29 is 9.21 Å². The van der Waals surface area contributed by atoms with Gasteiger partial charge in [-0.3, -0.25) is 4.79 Å². The normalized spacial score (nSPS) is 49.4. The fourth-order valence-electron chi connectivity index (χ4n) is 7.90. The topological polar surface area (TPSA) is 30.2 Å². The molecular formula is C23H32O2. The number of hydrogen-bond donors (Lipinski definition) is 0. The van der Waals surface area contributed by atoms with Gasteiger partial charge in [0.15, 0.2) is 0 Å². The maximum Gasteiger partial charge on any atom is 0.140 e. The number of Topliss-reactive ketones (excluding diaryl/α,β-unsaturated/α-hetero) is 1. The second-order valence-corrected chi connectivity index (χ2v) is 10.2. The summed E-state index contributed by atoms with van der Waals surface area (Å²) >= 11 is 0. The van der Waals surface area contributed by atoms with Gasteiger partial charge in [0, 0.05) is 17.9 Å². The maximum absolute atomic E-state index is 12.8. The zero-order chi connectivity index (χ0) is 17.2. The van der Waals surface area contributed by atoms with E-state index in [1.807, 2.05) is 12.3 Å². The van der Waals surface area contributed by atoms with Gasteiger partial charge >= 0.3 is 0 Å². The fraction of sp³-hybridized carbons (Fsp3) is 0.783. The third kappa shape index (κ3) is 2.25. The Morgan fingerprint density at radius 2 is 1.96 bits per heavy atom. The van der Waals surface area contributed by atoms with E-state index >= 15 is 0 Å². The molecule has 2 unspecified atom stereocenters. The second kappa shape index (κ2) is 5.47. The number of fused-ring (bicyclic) bond motifs is 5. The molecule has 0 N–H and O–H groups in total. The lowest BCUT2D eigenvalue weighted by Crippen LogP contribution is -2.53. The van der Waals surface area contributed by atoms with Crippen molar-refractivity contribution in [2.24, 2.45) is 34.5 Å². The zero-order valence-corrected chi connectivity index (χ0v) is 15.8. The molecule has 0 aliphatic heterocycles. The molecule has 4 saturated carbocycles. The molecule has 0 saturated heterocycles. The molecular weight excluding hydrogens is 308 g/mol. The minimum atomic E-state index is 0.0793. The van der Waals surface area contributed by atoms with Crippen LogP contribution in [0.2, 0.25) is 0 Å². The summed E-state index contributed by atoms with van der Waals surface area (Å²) in [5, 5.41) is 0. The molecule has 1 aromatic rings. The number of carbonyl (C=O) groups is 1. The van der Waals surface area contributed by atoms with Gasteiger partial charge in [-0.1, -0.05) is 20.3 Å². The Hall–Kier alpha value is -1.05. The smallest absolute Gasteiger partial charge is 0.140 e. The summed E-state index contributed by atoms with van der Waals surface area (Å²) in [7, 11) is 0. The molecule has 0 spiro atoms. The number of rotatable bonds is 1. The molecule has 5 rings (SSSR count). The monoisotopic (exact) mass is 340 g/mol. The first kappa shape index (κ1) is 16.1. The van der Waals surface area contributed by atoms with E-state index in [1.165, 1.54) is 44.9 Å². The summed E-state index contributed by atoms with van der Waals surface area (Å²) in [6, 6.07) is 2.02. The van der Waals surface area contributed by atoms with E-state index in [9.17, 15) is 4.79 Å². The fourth-order valence-corrected chi connectivity index (χ4v) is 7.90. The van der Waals surface area contributed by atoms with Crippen molar-refractivity contribution in [3.05, 3.63) is 24.2 Å².